The molecule has 4 rings (SSSR count). The zero-order valence-corrected chi connectivity index (χ0v) is 18.8. The van der Waals surface area contributed by atoms with Gasteiger partial charge in [0.1, 0.15) is 11.4 Å². The van der Waals surface area contributed by atoms with Gasteiger partial charge in [-0.3, -0.25) is 9.59 Å². The van der Waals surface area contributed by atoms with Crippen molar-refractivity contribution in [2.75, 3.05) is 16.8 Å². The number of amides is 2. The van der Waals surface area contributed by atoms with Crippen molar-refractivity contribution in [1.29, 1.82) is 0 Å². The number of ether oxygens (including phenoxy) is 1. The second-order valence-corrected chi connectivity index (χ2v) is 8.06. The molecule has 0 bridgehead atoms. The average Bonchev–Trinajstić information content (AvgIpc) is 3.02. The largest absolute Gasteiger partial charge is 0.494 e. The summed E-state index contributed by atoms with van der Waals surface area (Å²) in [7, 11) is 0. The Morgan fingerprint density at radius 1 is 0.875 bits per heavy atom. The van der Waals surface area contributed by atoms with Crippen LogP contribution < -0.4 is 15.0 Å². The summed E-state index contributed by atoms with van der Waals surface area (Å²) in [6, 6.07) is 20.7. The first kappa shape index (κ1) is 21.9. The first-order valence-electron chi connectivity index (χ1n) is 10.1. The number of halogens is 2. The van der Waals surface area contributed by atoms with E-state index >= 15 is 0 Å². The third kappa shape index (κ3) is 4.49. The van der Waals surface area contributed by atoms with Crippen LogP contribution in [0.25, 0.3) is 5.57 Å². The monoisotopic (exact) mass is 466 g/mol. The predicted molar refractivity (Wildman–Crippen MR) is 128 cm³/mol. The molecule has 0 saturated heterocycles. The van der Waals surface area contributed by atoms with E-state index < -0.39 is 11.8 Å². The SMILES string of the molecule is CCCOc1cccc(NC2=C(c3ccc(Cl)cc3)C(=O)N(c3cccc(Cl)c3)C2=O)c1. The summed E-state index contributed by atoms with van der Waals surface area (Å²) in [5.74, 6) is -0.239. The third-order valence-electron chi connectivity index (χ3n) is 4.86. The Kier molecular flexibility index (Phi) is 6.49. The van der Waals surface area contributed by atoms with Crippen molar-refractivity contribution in [3.63, 3.8) is 0 Å². The highest BCUT2D eigenvalue weighted by Gasteiger charge is 2.40. The van der Waals surface area contributed by atoms with Crippen LogP contribution >= 0.6 is 23.2 Å². The van der Waals surface area contributed by atoms with Crippen LogP contribution in [0.1, 0.15) is 18.9 Å². The maximum atomic E-state index is 13.4. The van der Waals surface area contributed by atoms with Crippen molar-refractivity contribution in [3.05, 3.63) is 94.1 Å². The van der Waals surface area contributed by atoms with Crippen LogP contribution in [-0.4, -0.2) is 18.4 Å². The third-order valence-corrected chi connectivity index (χ3v) is 5.35. The van der Waals surface area contributed by atoms with Gasteiger partial charge in [-0.2, -0.15) is 0 Å². The molecule has 3 aromatic rings. The highest BCUT2D eigenvalue weighted by atomic mass is 35.5. The lowest BCUT2D eigenvalue weighted by Gasteiger charge is -2.16. The van der Waals surface area contributed by atoms with Gasteiger partial charge in [-0.05, 0) is 54.4 Å². The molecule has 0 radical (unpaired) electrons. The minimum absolute atomic E-state index is 0.171. The van der Waals surface area contributed by atoms with Crippen LogP contribution in [0.2, 0.25) is 10.0 Å². The number of benzene rings is 3. The summed E-state index contributed by atoms with van der Waals surface area (Å²) < 4.78 is 5.69. The zero-order chi connectivity index (χ0) is 22.7. The molecule has 32 heavy (non-hydrogen) atoms. The standard InChI is InChI=1S/C25H20Cl2N2O3/c1-2-13-32-21-8-4-6-19(15-21)28-23-22(16-9-11-17(26)12-10-16)24(30)29(25(23)31)20-7-3-5-18(27)14-20/h3-12,14-15,28H,2,13H2,1H3. The molecule has 0 fully saturated rings. The van der Waals surface area contributed by atoms with E-state index in [9.17, 15) is 9.59 Å². The number of rotatable bonds is 7. The lowest BCUT2D eigenvalue weighted by molar-refractivity contribution is -0.120. The minimum Gasteiger partial charge on any atom is -0.494 e. The van der Waals surface area contributed by atoms with Gasteiger partial charge in [0.15, 0.2) is 0 Å². The normalized spacial score (nSPS) is 13.7. The van der Waals surface area contributed by atoms with E-state index in [0.717, 1.165) is 11.3 Å². The average molecular weight is 467 g/mol. The molecule has 1 N–H and O–H groups in total. The number of nitrogens with zero attached hydrogens (tertiary/aromatic N) is 1. The van der Waals surface area contributed by atoms with Gasteiger partial charge in [0.25, 0.3) is 11.8 Å². The Labute approximate surface area is 196 Å². The molecule has 0 aromatic heterocycles. The Morgan fingerprint density at radius 2 is 1.62 bits per heavy atom. The van der Waals surface area contributed by atoms with Crippen molar-refractivity contribution in [2.45, 2.75) is 13.3 Å². The van der Waals surface area contributed by atoms with Crippen molar-refractivity contribution < 1.29 is 14.3 Å². The number of imide groups is 1. The van der Waals surface area contributed by atoms with Gasteiger partial charge in [0, 0.05) is 21.8 Å². The molecular weight excluding hydrogens is 447 g/mol. The van der Waals surface area contributed by atoms with Gasteiger partial charge in [0.2, 0.25) is 0 Å². The van der Waals surface area contributed by atoms with E-state index in [1.54, 1.807) is 54.6 Å². The van der Waals surface area contributed by atoms with E-state index in [2.05, 4.69) is 5.32 Å². The van der Waals surface area contributed by atoms with Crippen LogP contribution in [0.15, 0.2) is 78.5 Å². The van der Waals surface area contributed by atoms with Gasteiger partial charge >= 0.3 is 0 Å². The summed E-state index contributed by atoms with van der Waals surface area (Å²) in [4.78, 5) is 28.0. The van der Waals surface area contributed by atoms with Crippen molar-refractivity contribution >= 4 is 52.0 Å². The van der Waals surface area contributed by atoms with Crippen LogP contribution in [0, 0.1) is 0 Å². The van der Waals surface area contributed by atoms with E-state index in [0.29, 0.717) is 39.3 Å². The van der Waals surface area contributed by atoms with Gasteiger partial charge in [-0.1, -0.05) is 54.4 Å². The van der Waals surface area contributed by atoms with Gasteiger partial charge in [-0.15, -0.1) is 0 Å². The maximum absolute atomic E-state index is 13.4. The molecule has 0 atom stereocenters. The number of hydrogen-bond donors (Lipinski definition) is 1. The predicted octanol–water partition coefficient (Wildman–Crippen LogP) is 6.18. The number of nitrogens with one attached hydrogen (secondary N) is 1. The number of carbonyl (C=O) groups excluding carboxylic acids is 2. The molecule has 5 nitrogen and oxygen atoms in total. The first-order valence-corrected chi connectivity index (χ1v) is 10.9. The summed E-state index contributed by atoms with van der Waals surface area (Å²) in [6.07, 6.45) is 0.880. The molecule has 1 heterocycles. The van der Waals surface area contributed by atoms with E-state index in [4.69, 9.17) is 27.9 Å². The fraction of sp³-hybridized carbons (Fsp3) is 0.120. The Bertz CT molecular complexity index is 1210. The van der Waals surface area contributed by atoms with E-state index in [1.807, 2.05) is 25.1 Å². The number of anilines is 2. The minimum atomic E-state index is -0.470. The lowest BCUT2D eigenvalue weighted by Crippen LogP contribution is -2.32. The molecule has 3 aromatic carbocycles. The van der Waals surface area contributed by atoms with E-state index in [-0.39, 0.29) is 11.3 Å². The molecular formula is C25H20Cl2N2O3. The van der Waals surface area contributed by atoms with Crippen molar-refractivity contribution in [1.82, 2.24) is 0 Å². The van der Waals surface area contributed by atoms with Gasteiger partial charge < -0.3 is 10.1 Å². The molecule has 0 aliphatic carbocycles. The Balaban J connectivity index is 1.76. The van der Waals surface area contributed by atoms with Gasteiger partial charge in [0.05, 0.1) is 17.9 Å². The summed E-state index contributed by atoms with van der Waals surface area (Å²) in [5, 5.41) is 4.10. The second-order valence-electron chi connectivity index (χ2n) is 7.18. The lowest BCUT2D eigenvalue weighted by atomic mass is 10.0. The molecule has 162 valence electrons. The van der Waals surface area contributed by atoms with Crippen LogP contribution in [0.3, 0.4) is 0 Å². The number of hydrogen-bond acceptors (Lipinski definition) is 4. The van der Waals surface area contributed by atoms with Crippen LogP contribution in [-0.2, 0) is 9.59 Å². The first-order chi connectivity index (χ1) is 15.5. The smallest absolute Gasteiger partial charge is 0.282 e. The highest BCUT2D eigenvalue weighted by molar-refractivity contribution is 6.46. The zero-order valence-electron chi connectivity index (χ0n) is 17.3. The summed E-state index contributed by atoms with van der Waals surface area (Å²) in [5.41, 5.74) is 2.04. The number of carbonyl (C=O) groups is 2. The summed E-state index contributed by atoms with van der Waals surface area (Å²) >= 11 is 12.1. The Hall–Kier alpha value is -3.28. The molecule has 7 heteroatoms. The quantitative estimate of drug-likeness (QED) is 0.422. The van der Waals surface area contributed by atoms with E-state index in [1.165, 1.54) is 0 Å². The van der Waals surface area contributed by atoms with Crippen LogP contribution in [0.4, 0.5) is 11.4 Å². The summed E-state index contributed by atoms with van der Waals surface area (Å²) in [6.45, 7) is 2.61. The van der Waals surface area contributed by atoms with Gasteiger partial charge in [-0.25, -0.2) is 4.90 Å². The topological polar surface area (TPSA) is 58.6 Å². The van der Waals surface area contributed by atoms with Crippen LogP contribution in [0.5, 0.6) is 5.75 Å². The van der Waals surface area contributed by atoms with Crippen molar-refractivity contribution in [3.8, 4) is 5.75 Å². The second kappa shape index (κ2) is 9.47. The molecule has 1 aliphatic heterocycles. The molecule has 0 saturated carbocycles. The fourth-order valence-corrected chi connectivity index (χ4v) is 3.72. The fourth-order valence-electron chi connectivity index (χ4n) is 3.41. The molecule has 1 aliphatic rings. The maximum Gasteiger partial charge on any atom is 0.282 e. The molecule has 0 unspecified atom stereocenters. The van der Waals surface area contributed by atoms with Crippen molar-refractivity contribution in [2.24, 2.45) is 0 Å². The highest BCUT2D eigenvalue weighted by Crippen LogP contribution is 2.35. The molecule has 2 amide bonds. The molecule has 0 spiro atoms. The Morgan fingerprint density at radius 3 is 2.34 bits per heavy atom.